The van der Waals surface area contributed by atoms with Crippen LogP contribution < -0.4 is 10.0 Å². The topological polar surface area (TPSA) is 88.4 Å². The molecule has 25 heavy (non-hydrogen) atoms. The summed E-state index contributed by atoms with van der Waals surface area (Å²) in [5, 5.41) is 3.00. The van der Waals surface area contributed by atoms with E-state index in [4.69, 9.17) is 4.42 Å². The first-order valence-corrected chi connectivity index (χ1v) is 9.92. The van der Waals surface area contributed by atoms with Gasteiger partial charge in [0.25, 0.3) is 0 Å². The van der Waals surface area contributed by atoms with Gasteiger partial charge in [-0.25, -0.2) is 8.42 Å². The quantitative estimate of drug-likeness (QED) is 0.803. The van der Waals surface area contributed by atoms with Gasteiger partial charge in [0.15, 0.2) is 0 Å². The molecule has 0 fully saturated rings. The van der Waals surface area contributed by atoms with E-state index >= 15 is 0 Å². The number of sulfonamides is 1. The molecule has 1 amide bonds. The standard InChI is InChI=1S/C18H20N2O4S/c1-25(22,23)20-14-8-5-13(6-9-14)7-10-18(21)19-16-3-2-4-17-15(16)11-12-24-17/h5-12,16,20H,2-4H2,1H3,(H,19,21). The Balaban J connectivity index is 1.60. The van der Waals surface area contributed by atoms with Gasteiger partial charge in [-0.3, -0.25) is 9.52 Å². The first-order chi connectivity index (χ1) is 11.9. The molecule has 7 heteroatoms. The Morgan fingerprint density at radius 3 is 2.72 bits per heavy atom. The number of hydrogen-bond acceptors (Lipinski definition) is 4. The van der Waals surface area contributed by atoms with Gasteiger partial charge in [0.05, 0.1) is 18.6 Å². The third kappa shape index (κ3) is 4.73. The highest BCUT2D eigenvalue weighted by Gasteiger charge is 2.23. The molecule has 0 aliphatic heterocycles. The Bertz CT molecular complexity index is 882. The molecule has 1 atom stereocenters. The smallest absolute Gasteiger partial charge is 0.244 e. The highest BCUT2D eigenvalue weighted by molar-refractivity contribution is 7.92. The summed E-state index contributed by atoms with van der Waals surface area (Å²) < 4.78 is 30.2. The van der Waals surface area contributed by atoms with E-state index in [0.717, 1.165) is 42.4 Å². The molecule has 1 unspecified atom stereocenters. The van der Waals surface area contributed by atoms with Crippen molar-refractivity contribution in [2.24, 2.45) is 0 Å². The number of carbonyl (C=O) groups excluding carboxylic acids is 1. The molecule has 2 aromatic rings. The summed E-state index contributed by atoms with van der Waals surface area (Å²) in [7, 11) is -3.29. The lowest BCUT2D eigenvalue weighted by atomic mass is 9.93. The van der Waals surface area contributed by atoms with E-state index in [-0.39, 0.29) is 11.9 Å². The van der Waals surface area contributed by atoms with Crippen LogP contribution in [0.4, 0.5) is 5.69 Å². The van der Waals surface area contributed by atoms with E-state index in [2.05, 4.69) is 10.0 Å². The summed E-state index contributed by atoms with van der Waals surface area (Å²) in [6.07, 6.45) is 8.74. The highest BCUT2D eigenvalue weighted by Crippen LogP contribution is 2.30. The Hall–Kier alpha value is -2.54. The fourth-order valence-corrected chi connectivity index (χ4v) is 3.47. The second kappa shape index (κ2) is 7.14. The van der Waals surface area contributed by atoms with Gasteiger partial charge in [-0.1, -0.05) is 12.1 Å². The maximum absolute atomic E-state index is 12.2. The van der Waals surface area contributed by atoms with E-state index in [9.17, 15) is 13.2 Å². The van der Waals surface area contributed by atoms with Gasteiger partial charge >= 0.3 is 0 Å². The van der Waals surface area contributed by atoms with E-state index in [1.54, 1.807) is 36.6 Å². The number of fused-ring (bicyclic) bond motifs is 1. The van der Waals surface area contributed by atoms with Gasteiger partial charge in [-0.2, -0.15) is 0 Å². The number of rotatable bonds is 5. The molecular formula is C18H20N2O4S. The Kier molecular flexibility index (Phi) is 4.94. The van der Waals surface area contributed by atoms with Crippen molar-refractivity contribution in [2.75, 3.05) is 11.0 Å². The van der Waals surface area contributed by atoms with Crippen molar-refractivity contribution in [1.29, 1.82) is 0 Å². The maximum atomic E-state index is 12.2. The summed E-state index contributed by atoms with van der Waals surface area (Å²) in [6, 6.07) is 8.69. The van der Waals surface area contributed by atoms with Gasteiger partial charge in [0.1, 0.15) is 5.76 Å². The van der Waals surface area contributed by atoms with Crippen molar-refractivity contribution in [3.8, 4) is 0 Å². The van der Waals surface area contributed by atoms with E-state index in [1.165, 1.54) is 6.08 Å². The van der Waals surface area contributed by atoms with Crippen LogP contribution in [0.2, 0.25) is 0 Å². The number of nitrogens with one attached hydrogen (secondary N) is 2. The van der Waals surface area contributed by atoms with Crippen LogP contribution in [-0.4, -0.2) is 20.6 Å². The molecule has 1 aromatic carbocycles. The molecule has 3 rings (SSSR count). The van der Waals surface area contributed by atoms with Crippen molar-refractivity contribution in [1.82, 2.24) is 5.32 Å². The summed E-state index contributed by atoms with van der Waals surface area (Å²) in [5.41, 5.74) is 2.35. The predicted molar refractivity (Wildman–Crippen MR) is 96.5 cm³/mol. The zero-order valence-electron chi connectivity index (χ0n) is 13.9. The number of aryl methyl sites for hydroxylation is 1. The Labute approximate surface area is 147 Å². The molecular weight excluding hydrogens is 340 g/mol. The van der Waals surface area contributed by atoms with Crippen molar-refractivity contribution in [2.45, 2.75) is 25.3 Å². The van der Waals surface area contributed by atoms with Crippen LogP contribution >= 0.6 is 0 Å². The Morgan fingerprint density at radius 2 is 2.00 bits per heavy atom. The molecule has 1 aromatic heterocycles. The maximum Gasteiger partial charge on any atom is 0.244 e. The monoisotopic (exact) mass is 360 g/mol. The summed E-state index contributed by atoms with van der Waals surface area (Å²) in [5.74, 6) is 0.784. The SMILES string of the molecule is CS(=O)(=O)Nc1ccc(C=CC(=O)NC2CCCc3occc32)cc1. The predicted octanol–water partition coefficient (Wildman–Crippen LogP) is 2.86. The lowest BCUT2D eigenvalue weighted by Gasteiger charge is -2.22. The van der Waals surface area contributed by atoms with Gasteiger partial charge in [0.2, 0.25) is 15.9 Å². The van der Waals surface area contributed by atoms with Gasteiger partial charge in [-0.05, 0) is 42.7 Å². The molecule has 1 aliphatic rings. The number of benzene rings is 1. The number of furan rings is 1. The first kappa shape index (κ1) is 17.3. The molecule has 6 nitrogen and oxygen atoms in total. The number of carbonyl (C=O) groups is 1. The van der Waals surface area contributed by atoms with E-state index < -0.39 is 10.0 Å². The lowest BCUT2D eigenvalue weighted by molar-refractivity contribution is -0.117. The minimum absolute atomic E-state index is 0.0130. The van der Waals surface area contributed by atoms with Crippen LogP contribution in [0.5, 0.6) is 0 Å². The summed E-state index contributed by atoms with van der Waals surface area (Å²) in [4.78, 5) is 12.2. The second-order valence-corrected chi connectivity index (χ2v) is 7.83. The number of anilines is 1. The highest BCUT2D eigenvalue weighted by atomic mass is 32.2. The van der Waals surface area contributed by atoms with Gasteiger partial charge in [-0.15, -0.1) is 0 Å². The molecule has 132 valence electrons. The molecule has 1 aliphatic carbocycles. The normalized spacial score (nSPS) is 17.2. The van der Waals surface area contributed by atoms with Crippen molar-refractivity contribution >= 4 is 27.7 Å². The van der Waals surface area contributed by atoms with Crippen LogP contribution in [0.1, 0.15) is 35.8 Å². The largest absolute Gasteiger partial charge is 0.469 e. The minimum Gasteiger partial charge on any atom is -0.469 e. The zero-order valence-corrected chi connectivity index (χ0v) is 14.7. The van der Waals surface area contributed by atoms with Gasteiger partial charge < -0.3 is 9.73 Å². The minimum atomic E-state index is -3.29. The van der Waals surface area contributed by atoms with Gasteiger partial charge in [0, 0.05) is 23.7 Å². The average molecular weight is 360 g/mol. The number of amides is 1. The van der Waals surface area contributed by atoms with Crippen LogP contribution in [-0.2, 0) is 21.2 Å². The van der Waals surface area contributed by atoms with Crippen LogP contribution in [0, 0.1) is 0 Å². The second-order valence-electron chi connectivity index (χ2n) is 6.08. The molecule has 1 heterocycles. The summed E-state index contributed by atoms with van der Waals surface area (Å²) in [6.45, 7) is 0. The molecule has 0 spiro atoms. The fraction of sp³-hybridized carbons (Fsp3) is 0.278. The molecule has 0 saturated carbocycles. The third-order valence-electron chi connectivity index (χ3n) is 4.01. The molecule has 0 saturated heterocycles. The van der Waals surface area contributed by atoms with Crippen molar-refractivity contribution in [3.05, 3.63) is 59.6 Å². The summed E-state index contributed by atoms with van der Waals surface area (Å²) >= 11 is 0. The van der Waals surface area contributed by atoms with Crippen LogP contribution in [0.25, 0.3) is 6.08 Å². The molecule has 0 radical (unpaired) electrons. The van der Waals surface area contributed by atoms with Crippen LogP contribution in [0.3, 0.4) is 0 Å². The number of hydrogen-bond donors (Lipinski definition) is 2. The average Bonchev–Trinajstić information content (AvgIpc) is 3.02. The molecule has 2 N–H and O–H groups in total. The first-order valence-electron chi connectivity index (χ1n) is 8.03. The van der Waals surface area contributed by atoms with E-state index in [1.807, 2.05) is 6.07 Å². The molecule has 0 bridgehead atoms. The van der Waals surface area contributed by atoms with E-state index in [0.29, 0.717) is 5.69 Å². The fourth-order valence-electron chi connectivity index (χ4n) is 2.90. The Morgan fingerprint density at radius 1 is 1.24 bits per heavy atom. The zero-order chi connectivity index (χ0) is 17.9. The van der Waals surface area contributed by atoms with Crippen molar-refractivity contribution in [3.63, 3.8) is 0 Å². The lowest BCUT2D eigenvalue weighted by Crippen LogP contribution is -2.28. The van der Waals surface area contributed by atoms with Crippen molar-refractivity contribution < 1.29 is 17.6 Å². The van der Waals surface area contributed by atoms with Crippen LogP contribution in [0.15, 0.2) is 47.1 Å². The third-order valence-corrected chi connectivity index (χ3v) is 4.62.